The number of hydrogen-bond acceptors (Lipinski definition) is 3. The smallest absolute Gasteiger partial charge is 0.218 e. The highest BCUT2D eigenvalue weighted by Crippen LogP contribution is 2.40. The lowest BCUT2D eigenvalue weighted by Crippen LogP contribution is -2.90. The van der Waals surface area contributed by atoms with Gasteiger partial charge in [0.2, 0.25) is 6.23 Å². The summed E-state index contributed by atoms with van der Waals surface area (Å²) in [6, 6.07) is 17.2. The maximum atomic E-state index is 6.09. The van der Waals surface area contributed by atoms with E-state index in [1.807, 2.05) is 12.3 Å². The summed E-state index contributed by atoms with van der Waals surface area (Å²) in [5.41, 5.74) is 2.42. The quantitative estimate of drug-likeness (QED) is 0.750. The van der Waals surface area contributed by atoms with Crippen molar-refractivity contribution < 1.29 is 14.8 Å². The lowest BCUT2D eigenvalue weighted by Gasteiger charge is -2.38. The second-order valence-electron chi connectivity index (χ2n) is 6.53. The van der Waals surface area contributed by atoms with Crippen molar-refractivity contribution in [3.8, 4) is 5.75 Å². The standard InChI is InChI=1S/C20H18N2O2/c1-2-6-16-13(4-1)7-8-17-18(16)19-15(11-23-17)12-24-20(22-19)14-5-3-9-21-10-14/h1-10,15,19-20,22H,11-12H2/p+1/t15-,19+,20+/m0/s1. The van der Waals surface area contributed by atoms with Crippen LogP contribution >= 0.6 is 0 Å². The maximum Gasteiger partial charge on any atom is 0.218 e. The third kappa shape index (κ3) is 2.19. The largest absolute Gasteiger partial charge is 0.492 e. The molecule has 2 N–H and O–H groups in total. The molecule has 0 saturated carbocycles. The van der Waals surface area contributed by atoms with Gasteiger partial charge in [-0.1, -0.05) is 30.3 Å². The van der Waals surface area contributed by atoms with Gasteiger partial charge in [-0.05, 0) is 29.0 Å². The average molecular weight is 319 g/mol. The number of aromatic nitrogens is 1. The molecule has 3 aromatic rings. The van der Waals surface area contributed by atoms with Crippen molar-refractivity contribution in [2.45, 2.75) is 12.3 Å². The summed E-state index contributed by atoms with van der Waals surface area (Å²) >= 11 is 0. The molecule has 0 radical (unpaired) electrons. The lowest BCUT2D eigenvalue weighted by atomic mass is 9.86. The van der Waals surface area contributed by atoms with E-state index in [1.165, 1.54) is 16.3 Å². The van der Waals surface area contributed by atoms with E-state index in [1.54, 1.807) is 6.20 Å². The summed E-state index contributed by atoms with van der Waals surface area (Å²) in [6.07, 6.45) is 3.68. The normalized spacial score (nSPS) is 25.6. The van der Waals surface area contributed by atoms with Crippen LogP contribution < -0.4 is 10.1 Å². The molecule has 2 aliphatic heterocycles. The number of benzene rings is 2. The predicted molar refractivity (Wildman–Crippen MR) is 90.5 cm³/mol. The number of quaternary nitrogens is 1. The molecule has 120 valence electrons. The van der Waals surface area contributed by atoms with Crippen LogP contribution in [0.2, 0.25) is 0 Å². The second kappa shape index (κ2) is 5.58. The Labute approximate surface area is 140 Å². The number of hydrogen-bond donors (Lipinski definition) is 1. The maximum absolute atomic E-state index is 6.09. The molecule has 0 unspecified atom stereocenters. The van der Waals surface area contributed by atoms with Gasteiger partial charge in [0, 0.05) is 12.4 Å². The van der Waals surface area contributed by atoms with Gasteiger partial charge in [0.05, 0.1) is 30.3 Å². The summed E-state index contributed by atoms with van der Waals surface area (Å²) in [4.78, 5) is 4.23. The number of pyridine rings is 1. The SMILES string of the molecule is c1cncc([C@@H]2[NH2+][C@H]3c4c(ccc5ccccc45)OC[C@H]3CO2)c1. The van der Waals surface area contributed by atoms with Crippen LogP contribution in [0.1, 0.15) is 23.4 Å². The highest BCUT2D eigenvalue weighted by molar-refractivity contribution is 5.88. The van der Waals surface area contributed by atoms with Crippen molar-refractivity contribution in [2.24, 2.45) is 5.92 Å². The van der Waals surface area contributed by atoms with Crippen LogP contribution in [0.15, 0.2) is 60.9 Å². The third-order valence-corrected chi connectivity index (χ3v) is 5.11. The van der Waals surface area contributed by atoms with Gasteiger partial charge in [0.25, 0.3) is 0 Å². The summed E-state index contributed by atoms with van der Waals surface area (Å²) in [7, 11) is 0. The molecule has 2 aliphatic rings. The Kier molecular flexibility index (Phi) is 3.25. The van der Waals surface area contributed by atoms with Crippen LogP contribution in [0, 0.1) is 5.92 Å². The zero-order chi connectivity index (χ0) is 15.9. The van der Waals surface area contributed by atoms with E-state index >= 15 is 0 Å². The van der Waals surface area contributed by atoms with E-state index in [0.29, 0.717) is 25.2 Å². The summed E-state index contributed by atoms with van der Waals surface area (Å²) < 4.78 is 12.1. The summed E-state index contributed by atoms with van der Waals surface area (Å²) in [6.45, 7) is 1.43. The van der Waals surface area contributed by atoms with E-state index in [0.717, 1.165) is 11.3 Å². The number of ether oxygens (including phenoxy) is 2. The minimum absolute atomic E-state index is 0.00938. The molecule has 4 heteroatoms. The fourth-order valence-electron chi connectivity index (χ4n) is 3.91. The van der Waals surface area contributed by atoms with Crippen LogP contribution in [0.3, 0.4) is 0 Å². The van der Waals surface area contributed by atoms with Crippen molar-refractivity contribution in [1.29, 1.82) is 0 Å². The fraction of sp³-hybridized carbons (Fsp3) is 0.250. The molecule has 5 rings (SSSR count). The Morgan fingerprint density at radius 2 is 1.96 bits per heavy atom. The fourth-order valence-corrected chi connectivity index (χ4v) is 3.91. The molecule has 1 saturated heterocycles. The van der Waals surface area contributed by atoms with Crippen molar-refractivity contribution >= 4 is 10.8 Å². The van der Waals surface area contributed by atoms with Crippen molar-refractivity contribution in [3.05, 3.63) is 72.1 Å². The lowest BCUT2D eigenvalue weighted by molar-refractivity contribution is -0.790. The van der Waals surface area contributed by atoms with Gasteiger partial charge in [-0.15, -0.1) is 0 Å². The van der Waals surface area contributed by atoms with Gasteiger partial charge in [0.1, 0.15) is 11.8 Å². The van der Waals surface area contributed by atoms with E-state index < -0.39 is 0 Å². The Hall–Kier alpha value is -2.43. The first-order chi connectivity index (χ1) is 11.9. The Morgan fingerprint density at radius 1 is 1.00 bits per heavy atom. The number of fused-ring (bicyclic) bond motifs is 5. The molecule has 4 nitrogen and oxygen atoms in total. The average Bonchev–Trinajstić information content (AvgIpc) is 2.67. The number of nitrogens with two attached hydrogens (primary N) is 1. The van der Waals surface area contributed by atoms with Gasteiger partial charge in [-0.2, -0.15) is 0 Å². The van der Waals surface area contributed by atoms with Gasteiger partial charge < -0.3 is 14.8 Å². The van der Waals surface area contributed by atoms with Gasteiger partial charge in [-0.3, -0.25) is 4.98 Å². The first-order valence-electron chi connectivity index (χ1n) is 8.41. The zero-order valence-corrected chi connectivity index (χ0v) is 13.3. The highest BCUT2D eigenvalue weighted by Gasteiger charge is 2.41. The van der Waals surface area contributed by atoms with Crippen LogP contribution in [0.5, 0.6) is 5.75 Å². The third-order valence-electron chi connectivity index (χ3n) is 5.11. The van der Waals surface area contributed by atoms with Crippen LogP contribution in [0.25, 0.3) is 10.8 Å². The molecule has 0 spiro atoms. The number of nitrogens with zero attached hydrogens (tertiary/aromatic N) is 1. The van der Waals surface area contributed by atoms with Crippen molar-refractivity contribution in [2.75, 3.05) is 13.2 Å². The highest BCUT2D eigenvalue weighted by atomic mass is 16.5. The molecule has 1 fully saturated rings. The van der Waals surface area contributed by atoms with E-state index in [2.05, 4.69) is 52.8 Å². The predicted octanol–water partition coefficient (Wildman–Crippen LogP) is 2.58. The summed E-state index contributed by atoms with van der Waals surface area (Å²) in [5, 5.41) is 4.88. The van der Waals surface area contributed by atoms with Gasteiger partial charge >= 0.3 is 0 Å². The first kappa shape index (κ1) is 14.0. The molecule has 1 aromatic heterocycles. The number of rotatable bonds is 1. The summed E-state index contributed by atoms with van der Waals surface area (Å²) in [5.74, 6) is 1.38. The minimum atomic E-state index is -0.00938. The zero-order valence-electron chi connectivity index (χ0n) is 13.3. The van der Waals surface area contributed by atoms with Crippen LogP contribution in [-0.4, -0.2) is 18.2 Å². The van der Waals surface area contributed by atoms with Crippen molar-refractivity contribution in [3.63, 3.8) is 0 Å². The molecule has 3 atom stereocenters. The molecule has 2 aromatic carbocycles. The monoisotopic (exact) mass is 319 g/mol. The second-order valence-corrected chi connectivity index (χ2v) is 6.53. The van der Waals surface area contributed by atoms with E-state index in [-0.39, 0.29) is 6.23 Å². The Morgan fingerprint density at radius 3 is 2.88 bits per heavy atom. The first-order valence-corrected chi connectivity index (χ1v) is 8.41. The molecular weight excluding hydrogens is 300 g/mol. The molecule has 0 amide bonds. The Bertz CT molecular complexity index is 881. The van der Waals surface area contributed by atoms with E-state index in [9.17, 15) is 0 Å². The topological polar surface area (TPSA) is 48.0 Å². The van der Waals surface area contributed by atoms with Gasteiger partial charge in [0.15, 0.2) is 0 Å². The van der Waals surface area contributed by atoms with Crippen LogP contribution in [0.4, 0.5) is 0 Å². The Balaban J connectivity index is 1.59. The van der Waals surface area contributed by atoms with Gasteiger partial charge in [-0.25, -0.2) is 0 Å². The molecule has 24 heavy (non-hydrogen) atoms. The molecule has 3 heterocycles. The molecule has 0 aliphatic carbocycles. The molecular formula is C20H19N2O2+. The van der Waals surface area contributed by atoms with E-state index in [4.69, 9.17) is 9.47 Å². The van der Waals surface area contributed by atoms with Crippen LogP contribution in [-0.2, 0) is 4.74 Å². The van der Waals surface area contributed by atoms with Crippen molar-refractivity contribution in [1.82, 2.24) is 4.98 Å². The molecule has 0 bridgehead atoms. The minimum Gasteiger partial charge on any atom is -0.492 e.